The molecule has 3 rings (SSSR count). The summed E-state index contributed by atoms with van der Waals surface area (Å²) in [5.41, 5.74) is 9.53. The number of rotatable bonds is 1. The van der Waals surface area contributed by atoms with Crippen LogP contribution in [0.2, 0.25) is 10.0 Å². The van der Waals surface area contributed by atoms with Crippen molar-refractivity contribution < 1.29 is 4.79 Å². The molecule has 2 aromatic rings. The third-order valence-corrected chi connectivity index (χ3v) is 4.14. The highest BCUT2D eigenvalue weighted by Gasteiger charge is 2.23. The van der Waals surface area contributed by atoms with E-state index in [0.29, 0.717) is 28.7 Å². The molecule has 0 aromatic heterocycles. The van der Waals surface area contributed by atoms with Crippen LogP contribution in [0.3, 0.4) is 0 Å². The zero-order valence-corrected chi connectivity index (χ0v) is 12.8. The third kappa shape index (κ3) is 2.85. The number of nitrogens with zero attached hydrogens (tertiary/aromatic N) is 1. The second-order valence-corrected chi connectivity index (χ2v) is 5.99. The number of nitrogen functional groups attached to an aromatic ring is 1. The van der Waals surface area contributed by atoms with Gasteiger partial charge in [-0.3, -0.25) is 4.79 Å². The maximum Gasteiger partial charge on any atom is 0.254 e. The van der Waals surface area contributed by atoms with Gasteiger partial charge >= 0.3 is 0 Å². The first-order valence-corrected chi connectivity index (χ1v) is 7.42. The normalized spacial score (nSPS) is 13.9. The van der Waals surface area contributed by atoms with Crippen molar-refractivity contribution in [2.75, 3.05) is 12.3 Å². The van der Waals surface area contributed by atoms with Crippen molar-refractivity contribution >= 4 is 34.8 Å². The Bertz CT molecular complexity index is 695. The van der Waals surface area contributed by atoms with E-state index >= 15 is 0 Å². The quantitative estimate of drug-likeness (QED) is 0.813. The third-order valence-electron chi connectivity index (χ3n) is 3.70. The average Bonchev–Trinajstić information content (AvgIpc) is 2.45. The fourth-order valence-electron chi connectivity index (χ4n) is 2.67. The van der Waals surface area contributed by atoms with Crippen LogP contribution in [0, 0.1) is 0 Å². The van der Waals surface area contributed by atoms with Gasteiger partial charge in [-0.25, -0.2) is 0 Å². The molecule has 0 aliphatic carbocycles. The van der Waals surface area contributed by atoms with Crippen molar-refractivity contribution in [2.24, 2.45) is 0 Å². The first-order valence-electron chi connectivity index (χ1n) is 6.66. The van der Waals surface area contributed by atoms with E-state index in [0.717, 1.165) is 23.2 Å². The number of fused-ring (bicyclic) bond motifs is 1. The highest BCUT2D eigenvalue weighted by Crippen LogP contribution is 2.26. The number of amides is 1. The Hall–Kier alpha value is -1.71. The van der Waals surface area contributed by atoms with E-state index in [2.05, 4.69) is 0 Å². The van der Waals surface area contributed by atoms with Crippen molar-refractivity contribution in [3.63, 3.8) is 0 Å². The van der Waals surface area contributed by atoms with Crippen LogP contribution >= 0.6 is 23.2 Å². The Kier molecular flexibility index (Phi) is 3.79. The lowest BCUT2D eigenvalue weighted by atomic mass is 9.97. The van der Waals surface area contributed by atoms with Gasteiger partial charge < -0.3 is 10.6 Å². The molecule has 1 aliphatic rings. The minimum Gasteiger partial charge on any atom is -0.398 e. The van der Waals surface area contributed by atoms with Crippen molar-refractivity contribution in [3.05, 3.63) is 63.1 Å². The standard InChI is InChI=1S/C16H14Cl2N2O/c17-12-6-11(7-13(18)8-12)16(21)20-5-4-14-10(9-20)2-1-3-15(14)19/h1-3,6-8H,4-5,9,19H2. The van der Waals surface area contributed by atoms with Gasteiger partial charge in [-0.1, -0.05) is 35.3 Å². The fourth-order valence-corrected chi connectivity index (χ4v) is 3.20. The van der Waals surface area contributed by atoms with Crippen LogP contribution < -0.4 is 5.73 Å². The van der Waals surface area contributed by atoms with Crippen molar-refractivity contribution in [1.82, 2.24) is 4.90 Å². The molecular formula is C16H14Cl2N2O. The highest BCUT2D eigenvalue weighted by atomic mass is 35.5. The molecule has 1 heterocycles. The average molecular weight is 321 g/mol. The van der Waals surface area contributed by atoms with Crippen molar-refractivity contribution in [2.45, 2.75) is 13.0 Å². The molecule has 0 atom stereocenters. The Morgan fingerprint density at radius 3 is 2.57 bits per heavy atom. The van der Waals surface area contributed by atoms with E-state index in [1.54, 1.807) is 23.1 Å². The molecule has 0 saturated carbocycles. The molecule has 0 spiro atoms. The Labute approximate surface area is 133 Å². The first-order chi connectivity index (χ1) is 10.0. The summed E-state index contributed by atoms with van der Waals surface area (Å²) < 4.78 is 0. The van der Waals surface area contributed by atoms with Gasteiger partial charge in [0, 0.05) is 34.4 Å². The number of benzene rings is 2. The van der Waals surface area contributed by atoms with Crippen LogP contribution in [0.4, 0.5) is 5.69 Å². The largest absolute Gasteiger partial charge is 0.398 e. The summed E-state index contributed by atoms with van der Waals surface area (Å²) in [4.78, 5) is 14.4. The van der Waals surface area contributed by atoms with Crippen LogP contribution in [-0.2, 0) is 13.0 Å². The number of halogens is 2. The number of nitrogens with two attached hydrogens (primary N) is 1. The van der Waals surface area contributed by atoms with Gasteiger partial charge in [0.1, 0.15) is 0 Å². The van der Waals surface area contributed by atoms with Gasteiger partial charge in [0.2, 0.25) is 0 Å². The van der Waals surface area contributed by atoms with E-state index in [1.165, 1.54) is 0 Å². The van der Waals surface area contributed by atoms with Crippen LogP contribution in [0.25, 0.3) is 0 Å². The van der Waals surface area contributed by atoms with Crippen LogP contribution in [0.1, 0.15) is 21.5 Å². The molecule has 5 heteroatoms. The van der Waals surface area contributed by atoms with Crippen molar-refractivity contribution in [3.8, 4) is 0 Å². The molecule has 0 saturated heterocycles. The number of hydrogen-bond acceptors (Lipinski definition) is 2. The molecule has 0 radical (unpaired) electrons. The van der Waals surface area contributed by atoms with Gasteiger partial charge in [0.25, 0.3) is 5.91 Å². The van der Waals surface area contributed by atoms with Crippen molar-refractivity contribution in [1.29, 1.82) is 0 Å². The molecule has 0 fully saturated rings. The molecule has 0 unspecified atom stereocenters. The second-order valence-electron chi connectivity index (χ2n) is 5.12. The molecule has 1 amide bonds. The molecule has 21 heavy (non-hydrogen) atoms. The van der Waals surface area contributed by atoms with Gasteiger partial charge in [-0.05, 0) is 41.8 Å². The Balaban J connectivity index is 1.87. The fraction of sp³-hybridized carbons (Fsp3) is 0.188. The summed E-state index contributed by atoms with van der Waals surface area (Å²) in [5, 5.41) is 0.931. The van der Waals surface area contributed by atoms with Gasteiger partial charge in [0.15, 0.2) is 0 Å². The van der Waals surface area contributed by atoms with E-state index in [9.17, 15) is 4.79 Å². The van der Waals surface area contributed by atoms with E-state index < -0.39 is 0 Å². The highest BCUT2D eigenvalue weighted by molar-refractivity contribution is 6.35. The predicted octanol–water partition coefficient (Wildman–Crippen LogP) is 3.77. The molecule has 1 aliphatic heterocycles. The Morgan fingerprint density at radius 2 is 1.86 bits per heavy atom. The lowest BCUT2D eigenvalue weighted by molar-refractivity contribution is 0.0735. The van der Waals surface area contributed by atoms with E-state index in [4.69, 9.17) is 28.9 Å². The van der Waals surface area contributed by atoms with Gasteiger partial charge in [-0.15, -0.1) is 0 Å². The molecule has 108 valence electrons. The minimum atomic E-state index is -0.0625. The zero-order chi connectivity index (χ0) is 15.0. The SMILES string of the molecule is Nc1cccc2c1CCN(C(=O)c1cc(Cl)cc(Cl)c1)C2. The lowest BCUT2D eigenvalue weighted by Gasteiger charge is -2.29. The number of anilines is 1. The number of carbonyl (C=O) groups is 1. The summed E-state index contributed by atoms with van der Waals surface area (Å²) in [6.07, 6.45) is 0.766. The maximum absolute atomic E-state index is 12.6. The molecule has 3 nitrogen and oxygen atoms in total. The van der Waals surface area contributed by atoms with E-state index in [1.807, 2.05) is 18.2 Å². The number of carbonyl (C=O) groups excluding carboxylic acids is 1. The van der Waals surface area contributed by atoms with Gasteiger partial charge in [0.05, 0.1) is 0 Å². The molecule has 2 N–H and O–H groups in total. The molecule has 2 aromatic carbocycles. The summed E-state index contributed by atoms with van der Waals surface area (Å²) in [6, 6.07) is 10.7. The monoisotopic (exact) mass is 320 g/mol. The summed E-state index contributed by atoms with van der Waals surface area (Å²) >= 11 is 11.9. The predicted molar refractivity (Wildman–Crippen MR) is 85.8 cm³/mol. The Morgan fingerprint density at radius 1 is 1.14 bits per heavy atom. The first kappa shape index (κ1) is 14.2. The smallest absolute Gasteiger partial charge is 0.254 e. The lowest BCUT2D eigenvalue weighted by Crippen LogP contribution is -2.36. The molecule has 0 bridgehead atoms. The maximum atomic E-state index is 12.6. The molecular weight excluding hydrogens is 307 g/mol. The van der Waals surface area contributed by atoms with Crippen LogP contribution in [0.5, 0.6) is 0 Å². The van der Waals surface area contributed by atoms with Crippen LogP contribution in [0.15, 0.2) is 36.4 Å². The zero-order valence-electron chi connectivity index (χ0n) is 11.3. The number of hydrogen-bond donors (Lipinski definition) is 1. The topological polar surface area (TPSA) is 46.3 Å². The van der Waals surface area contributed by atoms with E-state index in [-0.39, 0.29) is 5.91 Å². The van der Waals surface area contributed by atoms with Crippen LogP contribution in [-0.4, -0.2) is 17.4 Å². The summed E-state index contributed by atoms with van der Waals surface area (Å²) in [6.45, 7) is 1.20. The van der Waals surface area contributed by atoms with Gasteiger partial charge in [-0.2, -0.15) is 0 Å². The second kappa shape index (κ2) is 5.58. The minimum absolute atomic E-state index is 0.0625. The summed E-state index contributed by atoms with van der Waals surface area (Å²) in [7, 11) is 0. The summed E-state index contributed by atoms with van der Waals surface area (Å²) in [5.74, 6) is -0.0625.